The molecule has 0 spiro atoms. The van der Waals surface area contributed by atoms with Crippen molar-refractivity contribution in [1.29, 1.82) is 0 Å². The molecule has 2 aliphatic heterocycles. The Morgan fingerprint density at radius 2 is 0.696 bits per heavy atom. The van der Waals surface area contributed by atoms with Crippen LogP contribution in [0, 0.1) is 0 Å². The van der Waals surface area contributed by atoms with Crippen LogP contribution in [-0.4, -0.2) is 96.6 Å². The second kappa shape index (κ2) is 18.7. The van der Waals surface area contributed by atoms with E-state index < -0.39 is 0 Å². The summed E-state index contributed by atoms with van der Waals surface area (Å²) >= 11 is 0. The van der Waals surface area contributed by atoms with Crippen molar-refractivity contribution in [3.8, 4) is 0 Å². The van der Waals surface area contributed by atoms with Crippen LogP contribution in [-0.2, 0) is 0 Å². The molecular weight excluding hydrogens is 576 g/mol. The van der Waals surface area contributed by atoms with E-state index in [0.717, 1.165) is 51.7 Å². The van der Waals surface area contributed by atoms with E-state index in [2.05, 4.69) is 23.9 Å². The molecule has 0 aliphatic carbocycles. The van der Waals surface area contributed by atoms with Gasteiger partial charge in [-0.1, -0.05) is 75.6 Å². The lowest BCUT2D eigenvalue weighted by Crippen LogP contribution is -2.33. The molecule has 0 atom stereocenters. The molecule has 0 unspecified atom stereocenters. The van der Waals surface area contributed by atoms with Gasteiger partial charge >= 0.3 is 0 Å². The zero-order valence-corrected chi connectivity index (χ0v) is 28.2. The summed E-state index contributed by atoms with van der Waals surface area (Å²) in [6.45, 7) is 4.90. The number of rotatable bonds is 23. The third kappa shape index (κ3) is 10.1. The molecule has 46 heavy (non-hydrogen) atoms. The first kappa shape index (κ1) is 35.5. The van der Waals surface area contributed by atoms with E-state index in [1.807, 2.05) is 0 Å². The monoisotopic (exact) mass is 630 g/mol. The fourth-order valence-corrected chi connectivity index (χ4v) is 6.61. The zero-order chi connectivity index (χ0) is 32.7. The van der Waals surface area contributed by atoms with E-state index in [-0.39, 0.29) is 23.6 Å². The Hall–Kier alpha value is -3.36. The van der Waals surface area contributed by atoms with Crippen molar-refractivity contribution in [2.75, 3.05) is 53.4 Å². The van der Waals surface area contributed by atoms with Crippen LogP contribution < -0.4 is 0 Å². The van der Waals surface area contributed by atoms with E-state index in [4.69, 9.17) is 0 Å². The van der Waals surface area contributed by atoms with Gasteiger partial charge in [0.05, 0.1) is 22.3 Å². The quantitative estimate of drug-likeness (QED) is 0.0981. The molecule has 0 fully saturated rings. The molecule has 0 radical (unpaired) electrons. The topological polar surface area (TPSA) is 81.2 Å². The first-order valence-corrected chi connectivity index (χ1v) is 17.7. The molecule has 8 nitrogen and oxygen atoms in total. The Morgan fingerprint density at radius 1 is 0.413 bits per heavy atom. The lowest BCUT2D eigenvalue weighted by Gasteiger charge is -2.23. The van der Waals surface area contributed by atoms with Gasteiger partial charge in [0.2, 0.25) is 0 Å². The molecule has 250 valence electrons. The molecule has 4 amide bonds. The molecular formula is C38H54N4O4. The highest BCUT2D eigenvalue weighted by molar-refractivity contribution is 6.22. The van der Waals surface area contributed by atoms with Gasteiger partial charge in [0.1, 0.15) is 0 Å². The summed E-state index contributed by atoms with van der Waals surface area (Å²) in [6, 6.07) is 14.1. The lowest BCUT2D eigenvalue weighted by atomic mass is 10.1. The van der Waals surface area contributed by atoms with Crippen LogP contribution in [0.1, 0.15) is 131 Å². The predicted octanol–water partition coefficient (Wildman–Crippen LogP) is 6.90. The van der Waals surface area contributed by atoms with Gasteiger partial charge in [-0.05, 0) is 103 Å². The van der Waals surface area contributed by atoms with Crippen molar-refractivity contribution in [2.24, 2.45) is 0 Å². The van der Waals surface area contributed by atoms with Gasteiger partial charge in [0.25, 0.3) is 23.6 Å². The van der Waals surface area contributed by atoms with Crippen molar-refractivity contribution in [1.82, 2.24) is 19.6 Å². The minimum Gasteiger partial charge on any atom is -0.309 e. The van der Waals surface area contributed by atoms with Crippen molar-refractivity contribution >= 4 is 23.6 Å². The number of unbranched alkanes of at least 4 members (excludes halogenated alkanes) is 11. The minimum atomic E-state index is -0.185. The molecule has 0 saturated carbocycles. The number of fused-ring (bicyclic) bond motifs is 2. The average Bonchev–Trinajstić information content (AvgIpc) is 3.45. The number of amides is 4. The smallest absolute Gasteiger partial charge is 0.261 e. The van der Waals surface area contributed by atoms with Gasteiger partial charge in [-0.15, -0.1) is 0 Å². The molecule has 0 bridgehead atoms. The summed E-state index contributed by atoms with van der Waals surface area (Å²) in [5, 5.41) is 0. The number of benzene rings is 2. The van der Waals surface area contributed by atoms with Crippen molar-refractivity contribution in [2.45, 2.75) is 89.9 Å². The van der Waals surface area contributed by atoms with Crippen LogP contribution in [0.4, 0.5) is 0 Å². The number of nitrogens with zero attached hydrogens (tertiary/aromatic N) is 4. The zero-order valence-electron chi connectivity index (χ0n) is 28.2. The Labute approximate surface area is 276 Å². The Morgan fingerprint density at radius 3 is 1.02 bits per heavy atom. The fraction of sp³-hybridized carbons (Fsp3) is 0.579. The third-order valence-electron chi connectivity index (χ3n) is 9.30. The van der Waals surface area contributed by atoms with E-state index in [9.17, 15) is 19.2 Å². The number of carbonyl (C=O) groups is 4. The number of hydrogen-bond acceptors (Lipinski definition) is 6. The summed E-state index contributed by atoms with van der Waals surface area (Å²) in [7, 11) is 4.28. The van der Waals surface area contributed by atoms with Gasteiger partial charge in [-0.3, -0.25) is 29.0 Å². The fourth-order valence-electron chi connectivity index (χ4n) is 6.61. The van der Waals surface area contributed by atoms with Crippen LogP contribution in [0.15, 0.2) is 48.5 Å². The average molecular weight is 631 g/mol. The molecule has 4 rings (SSSR count). The van der Waals surface area contributed by atoms with Crippen molar-refractivity contribution < 1.29 is 19.2 Å². The molecule has 0 aromatic heterocycles. The number of imide groups is 2. The van der Waals surface area contributed by atoms with Crippen molar-refractivity contribution in [3.63, 3.8) is 0 Å². The molecule has 2 aliphatic rings. The lowest BCUT2D eigenvalue weighted by molar-refractivity contribution is 0.0637. The highest BCUT2D eigenvalue weighted by Gasteiger charge is 2.35. The van der Waals surface area contributed by atoms with E-state index in [1.165, 1.54) is 74.1 Å². The SMILES string of the molecule is CN(C)CCCCCCCCCCCCN(CCCCN1C(=O)c2ccccc2C1=O)CCCCN1C(=O)c2ccccc2C1=O. The first-order chi connectivity index (χ1) is 22.4. The van der Waals surface area contributed by atoms with Crippen LogP contribution >= 0.6 is 0 Å². The van der Waals surface area contributed by atoms with Gasteiger partial charge in [0, 0.05) is 13.1 Å². The molecule has 8 heteroatoms. The summed E-state index contributed by atoms with van der Waals surface area (Å²) < 4.78 is 0. The summed E-state index contributed by atoms with van der Waals surface area (Å²) in [5.74, 6) is -0.741. The van der Waals surface area contributed by atoms with Crippen LogP contribution in [0.2, 0.25) is 0 Å². The molecule has 2 aromatic carbocycles. The van der Waals surface area contributed by atoms with Gasteiger partial charge in [-0.2, -0.15) is 0 Å². The largest absolute Gasteiger partial charge is 0.309 e. The second-order valence-corrected chi connectivity index (χ2v) is 13.2. The Kier molecular flexibility index (Phi) is 14.4. The van der Waals surface area contributed by atoms with E-state index in [1.54, 1.807) is 48.5 Å². The summed E-state index contributed by atoms with van der Waals surface area (Å²) in [6.07, 6.45) is 16.3. The summed E-state index contributed by atoms with van der Waals surface area (Å²) in [5.41, 5.74) is 2.03. The second-order valence-electron chi connectivity index (χ2n) is 13.2. The molecule has 2 aromatic rings. The maximum Gasteiger partial charge on any atom is 0.261 e. The van der Waals surface area contributed by atoms with E-state index >= 15 is 0 Å². The van der Waals surface area contributed by atoms with Gasteiger partial charge in [-0.25, -0.2) is 0 Å². The van der Waals surface area contributed by atoms with Crippen LogP contribution in [0.3, 0.4) is 0 Å². The van der Waals surface area contributed by atoms with Crippen molar-refractivity contribution in [3.05, 3.63) is 70.8 Å². The third-order valence-corrected chi connectivity index (χ3v) is 9.30. The van der Waals surface area contributed by atoms with E-state index in [0.29, 0.717) is 35.3 Å². The number of carbonyl (C=O) groups excluding carboxylic acids is 4. The van der Waals surface area contributed by atoms with Gasteiger partial charge < -0.3 is 9.80 Å². The summed E-state index contributed by atoms with van der Waals surface area (Å²) in [4.78, 5) is 58.4. The standard InChI is InChI=1S/C38H54N4O4/c1-39(2)25-15-9-7-5-3-4-6-8-10-16-26-40(27-17-19-29-41-35(43)31-21-11-12-22-32(31)36(41)44)28-18-20-30-42-37(45)33-23-13-14-24-34(33)38(42)46/h11-14,21-24H,3-10,15-20,25-30H2,1-2H3. The highest BCUT2D eigenvalue weighted by atomic mass is 16.2. The normalized spacial score (nSPS) is 14.3. The number of hydrogen-bond donors (Lipinski definition) is 0. The van der Waals surface area contributed by atoms with Crippen LogP contribution in [0.25, 0.3) is 0 Å². The molecule has 0 N–H and O–H groups in total. The maximum atomic E-state index is 12.7. The van der Waals surface area contributed by atoms with Crippen LogP contribution in [0.5, 0.6) is 0 Å². The maximum absolute atomic E-state index is 12.7. The van der Waals surface area contributed by atoms with Gasteiger partial charge in [0.15, 0.2) is 0 Å². The Bertz CT molecular complexity index is 1160. The predicted molar refractivity (Wildman–Crippen MR) is 183 cm³/mol. The first-order valence-electron chi connectivity index (χ1n) is 17.7. The Balaban J connectivity index is 1.15. The highest BCUT2D eigenvalue weighted by Crippen LogP contribution is 2.24. The minimum absolute atomic E-state index is 0.185. The molecule has 0 saturated heterocycles. The molecule has 2 heterocycles.